The van der Waals surface area contributed by atoms with Crippen LogP contribution >= 0.6 is 0 Å². The lowest BCUT2D eigenvalue weighted by Crippen LogP contribution is -2.68. The lowest BCUT2D eigenvalue weighted by atomic mass is 9.28. The van der Waals surface area contributed by atoms with Crippen molar-refractivity contribution in [3.8, 4) is 28.7 Å². The van der Waals surface area contributed by atoms with Crippen molar-refractivity contribution in [2.45, 2.75) is 0 Å². The van der Waals surface area contributed by atoms with E-state index < -0.39 is 0 Å². The molecule has 0 amide bonds. The number of fused-ring (bicyclic) bond motifs is 15. The number of ether oxygens (including phenoxy) is 2. The van der Waals surface area contributed by atoms with Crippen LogP contribution in [0.1, 0.15) is 0 Å². The minimum Gasteiger partial charge on any atom is -0.458 e. The summed E-state index contributed by atoms with van der Waals surface area (Å²) in [5.74, 6) is 3.55. The van der Waals surface area contributed by atoms with Crippen molar-refractivity contribution in [3.63, 3.8) is 0 Å². The highest BCUT2D eigenvalue weighted by Gasteiger charge is 2.53. The standard InChI is InChI=1S/C78H45B4N5O2/c1-5-21-46(22-6-1)83-60-35-15-13-31-52(60)79-56-41-57-65(43-64(56)84(47-23-7-2-8-24-47)62-37-19-36-61(83)72(62)79)86(49-27-11-4-12-28-49)67-45-71-75-78-74(67)81(57)54-33-17-29-50-51-30-18-34-55(77(51)87(78)76(50)54)82(75)59-42-58-66(44-70(59)89-71)85(48-25-9-3-10-26-48)63-38-20-40-69-73(63)80(58)53-32-14-16-39-68(53)88-69/h1-45H. The molecule has 0 N–H and O–H groups in total. The second kappa shape index (κ2) is 16.8. The Labute approximate surface area is 514 Å². The quantitative estimate of drug-likeness (QED) is 0.164. The van der Waals surface area contributed by atoms with Crippen molar-refractivity contribution >= 4 is 182 Å². The van der Waals surface area contributed by atoms with Crippen LogP contribution in [-0.4, -0.2) is 31.4 Å². The SMILES string of the molecule is c1ccc(N2c3cc4c(cc3B3c5ccccc5Oc5cccc2c53)B2c3c(cc5c6c3-n3c7c2cccc7c2cccc(c23)B6c2cc3c(cc2N5c2ccccc2)N(c2ccccc2)c2cccc5c2B3c2ccccc2N5c2ccccc2)O4)cc1. The van der Waals surface area contributed by atoms with E-state index in [-0.39, 0.29) is 26.9 Å². The Morgan fingerprint density at radius 1 is 0.225 bits per heavy atom. The second-order valence-corrected chi connectivity index (χ2v) is 24.9. The number of aromatic nitrogens is 1. The Bertz CT molecular complexity index is 5530. The van der Waals surface area contributed by atoms with Crippen molar-refractivity contribution in [1.82, 2.24) is 4.57 Å². The van der Waals surface area contributed by atoms with Crippen LogP contribution in [0.25, 0.3) is 27.5 Å². The summed E-state index contributed by atoms with van der Waals surface area (Å²) in [7, 11) is 0. The Morgan fingerprint density at radius 3 is 1.25 bits per heavy atom. The summed E-state index contributed by atoms with van der Waals surface area (Å²) in [4.78, 5) is 10.0. The van der Waals surface area contributed by atoms with Gasteiger partial charge in [-0.3, -0.25) is 0 Å². The molecule has 0 radical (unpaired) electrons. The van der Waals surface area contributed by atoms with Gasteiger partial charge in [-0.15, -0.1) is 0 Å². The summed E-state index contributed by atoms with van der Waals surface area (Å²) in [6.07, 6.45) is 0. The Morgan fingerprint density at radius 2 is 0.629 bits per heavy atom. The maximum atomic E-state index is 7.81. The molecule has 0 fully saturated rings. The molecule has 0 saturated heterocycles. The molecule has 14 aromatic rings. The van der Waals surface area contributed by atoms with Crippen LogP contribution in [0.15, 0.2) is 273 Å². The normalized spacial score (nSPS) is 14.5. The van der Waals surface area contributed by atoms with E-state index in [9.17, 15) is 0 Å². The van der Waals surface area contributed by atoms with Gasteiger partial charge in [0.05, 0.1) is 0 Å². The van der Waals surface area contributed by atoms with E-state index in [0.29, 0.717) is 0 Å². The number of hydrogen-bond acceptors (Lipinski definition) is 6. The first-order valence-corrected chi connectivity index (χ1v) is 31.0. The van der Waals surface area contributed by atoms with Crippen molar-refractivity contribution in [1.29, 1.82) is 0 Å². The van der Waals surface area contributed by atoms with E-state index in [1.54, 1.807) is 0 Å². The van der Waals surface area contributed by atoms with E-state index in [1.165, 1.54) is 116 Å². The zero-order chi connectivity index (χ0) is 57.5. The van der Waals surface area contributed by atoms with E-state index in [1.807, 2.05) is 0 Å². The monoisotopic (exact) mass is 1130 g/mol. The van der Waals surface area contributed by atoms with Crippen molar-refractivity contribution in [2.75, 3.05) is 19.6 Å². The Balaban J connectivity index is 0.841. The average Bonchev–Trinajstić information content (AvgIpc) is 1.54. The molecular weight excluding hydrogens is 1080 g/mol. The van der Waals surface area contributed by atoms with Crippen molar-refractivity contribution in [3.05, 3.63) is 273 Å². The van der Waals surface area contributed by atoms with Crippen molar-refractivity contribution in [2.24, 2.45) is 0 Å². The number of benzene rings is 13. The minimum atomic E-state index is -0.144. The fraction of sp³-hybridized carbons (Fsp3) is 0. The van der Waals surface area contributed by atoms with Crippen LogP contribution in [0.4, 0.5) is 68.2 Å². The van der Waals surface area contributed by atoms with Gasteiger partial charge in [-0.2, -0.15) is 0 Å². The van der Waals surface area contributed by atoms with Crippen molar-refractivity contribution < 1.29 is 9.47 Å². The van der Waals surface area contributed by atoms with Gasteiger partial charge in [0.15, 0.2) is 0 Å². The molecule has 0 unspecified atom stereocenters. The fourth-order valence-corrected chi connectivity index (χ4v) is 17.6. The molecule has 9 heterocycles. The number of anilines is 12. The van der Waals surface area contributed by atoms with Crippen LogP contribution in [-0.2, 0) is 0 Å². The first-order valence-electron chi connectivity index (χ1n) is 31.0. The minimum absolute atomic E-state index is 0.0664. The van der Waals surface area contributed by atoms with E-state index in [2.05, 4.69) is 297 Å². The summed E-state index contributed by atoms with van der Waals surface area (Å²) in [5.41, 5.74) is 32.6. The van der Waals surface area contributed by atoms with Gasteiger partial charge in [0.25, 0.3) is 26.9 Å². The van der Waals surface area contributed by atoms with E-state index in [4.69, 9.17) is 9.47 Å². The molecule has 7 nitrogen and oxygen atoms in total. The zero-order valence-electron chi connectivity index (χ0n) is 47.8. The molecule has 0 aliphatic carbocycles. The summed E-state index contributed by atoms with van der Waals surface area (Å²) in [5, 5.41) is 2.55. The molecule has 11 heteroatoms. The zero-order valence-corrected chi connectivity index (χ0v) is 47.8. The van der Waals surface area contributed by atoms with Gasteiger partial charge in [-0.05, 0) is 157 Å². The van der Waals surface area contributed by atoms with Gasteiger partial charge in [0.2, 0.25) is 0 Å². The molecule has 13 aromatic carbocycles. The Kier molecular flexibility index (Phi) is 8.87. The maximum absolute atomic E-state index is 7.81. The molecule has 0 saturated carbocycles. The molecule has 0 spiro atoms. The fourth-order valence-electron chi connectivity index (χ4n) is 17.6. The number of nitrogens with zero attached hydrogens (tertiary/aromatic N) is 5. The van der Waals surface area contributed by atoms with Gasteiger partial charge >= 0.3 is 0 Å². The Hall–Kier alpha value is -11.3. The van der Waals surface area contributed by atoms with Crippen LogP contribution < -0.4 is 94.6 Å². The molecule has 406 valence electrons. The molecule has 1 aromatic heterocycles. The van der Waals surface area contributed by atoms with Gasteiger partial charge in [0, 0.05) is 108 Å². The van der Waals surface area contributed by atoms with Gasteiger partial charge in [-0.25, -0.2) is 0 Å². The highest BCUT2D eigenvalue weighted by molar-refractivity contribution is 7.06. The molecule has 8 aliphatic rings. The summed E-state index contributed by atoms with van der Waals surface area (Å²) < 4.78 is 17.3. The third-order valence-corrected chi connectivity index (χ3v) is 20.8. The molecule has 0 bridgehead atoms. The molecule has 0 atom stereocenters. The largest absolute Gasteiger partial charge is 0.458 e. The molecule has 22 rings (SSSR count). The predicted molar refractivity (Wildman–Crippen MR) is 371 cm³/mol. The van der Waals surface area contributed by atoms with Gasteiger partial charge in [-0.1, -0.05) is 170 Å². The number of para-hydroxylation sites is 8. The average molecular weight is 1130 g/mol. The van der Waals surface area contributed by atoms with Gasteiger partial charge in [0.1, 0.15) is 23.0 Å². The van der Waals surface area contributed by atoms with E-state index in [0.717, 1.165) is 68.5 Å². The predicted octanol–water partition coefficient (Wildman–Crippen LogP) is 10.8. The number of rotatable bonds is 4. The lowest BCUT2D eigenvalue weighted by Gasteiger charge is -2.47. The van der Waals surface area contributed by atoms with Crippen LogP contribution in [0.3, 0.4) is 0 Å². The smallest absolute Gasteiger partial charge is 0.256 e. The van der Waals surface area contributed by atoms with E-state index >= 15 is 0 Å². The lowest BCUT2D eigenvalue weighted by molar-refractivity contribution is 0.487. The molecule has 89 heavy (non-hydrogen) atoms. The van der Waals surface area contributed by atoms with Crippen LogP contribution in [0.2, 0.25) is 0 Å². The third kappa shape index (κ3) is 5.84. The van der Waals surface area contributed by atoms with Gasteiger partial charge < -0.3 is 33.6 Å². The third-order valence-electron chi connectivity index (χ3n) is 20.8. The first kappa shape index (κ1) is 46.9. The number of hydrogen-bond donors (Lipinski definition) is 0. The summed E-state index contributed by atoms with van der Waals surface area (Å²) in [6, 6.07) is 102. The summed E-state index contributed by atoms with van der Waals surface area (Å²) >= 11 is 0. The highest BCUT2D eigenvalue weighted by atomic mass is 16.5. The van der Waals surface area contributed by atoms with Crippen LogP contribution in [0.5, 0.6) is 23.0 Å². The second-order valence-electron chi connectivity index (χ2n) is 24.9. The van der Waals surface area contributed by atoms with Crippen LogP contribution in [0, 0.1) is 0 Å². The topological polar surface area (TPSA) is 36.4 Å². The maximum Gasteiger partial charge on any atom is 0.256 e. The summed E-state index contributed by atoms with van der Waals surface area (Å²) in [6.45, 7) is -0.418. The molecular formula is C78H45B4N5O2. The molecule has 8 aliphatic heterocycles. The highest BCUT2D eigenvalue weighted by Crippen LogP contribution is 2.50. The first-order chi connectivity index (χ1) is 44.2.